The molecule has 0 aromatic heterocycles. The van der Waals surface area contributed by atoms with Crippen LogP contribution in [0.1, 0.15) is 13.8 Å². The molecule has 0 aliphatic rings. The number of hydrogen-bond donors (Lipinski definition) is 0. The van der Waals surface area contributed by atoms with Gasteiger partial charge in [-0.3, -0.25) is 0 Å². The Morgan fingerprint density at radius 1 is 0.568 bits per heavy atom. The second-order valence-electron chi connectivity index (χ2n) is 8.76. The molecule has 0 saturated carbocycles. The number of hydrogen-bond acceptors (Lipinski definition) is 4. The fourth-order valence-electron chi connectivity index (χ4n) is 3.79. The van der Waals surface area contributed by atoms with Crippen LogP contribution in [0.2, 0.25) is 0 Å². The van der Waals surface area contributed by atoms with Gasteiger partial charge < -0.3 is 9.47 Å². The van der Waals surface area contributed by atoms with Gasteiger partial charge in [-0.1, -0.05) is 86.6 Å². The third kappa shape index (κ3) is 6.55. The number of nitrogens with zero attached hydrogens (tertiary/aromatic N) is 2. The first-order chi connectivity index (χ1) is 18.0. The van der Waals surface area contributed by atoms with Crippen LogP contribution in [0.3, 0.4) is 0 Å². The second-order valence-corrected chi connectivity index (χ2v) is 8.76. The molecule has 6 heteroatoms. The summed E-state index contributed by atoms with van der Waals surface area (Å²) in [4.78, 5) is 29.7. The minimum atomic E-state index is -0.653. The van der Waals surface area contributed by atoms with E-state index >= 15 is 0 Å². The fourth-order valence-corrected chi connectivity index (χ4v) is 3.79. The molecule has 2 amide bonds. The van der Waals surface area contributed by atoms with E-state index in [-0.39, 0.29) is 12.5 Å². The lowest BCUT2D eigenvalue weighted by Crippen LogP contribution is -2.37. The molecule has 37 heavy (non-hydrogen) atoms. The Hall–Kier alpha value is -4.58. The second kappa shape index (κ2) is 12.4. The van der Waals surface area contributed by atoms with Crippen LogP contribution in [0, 0.1) is 5.92 Å². The molecule has 0 heterocycles. The maximum Gasteiger partial charge on any atom is 0.419 e. The highest BCUT2D eigenvalue weighted by Gasteiger charge is 2.28. The van der Waals surface area contributed by atoms with Gasteiger partial charge in [0.2, 0.25) is 0 Å². The molecule has 188 valence electrons. The lowest BCUT2D eigenvalue weighted by atomic mass is 10.1. The molecule has 0 bridgehead atoms. The number of carbonyl (C=O) groups excluding carboxylic acids is 2. The summed E-state index contributed by atoms with van der Waals surface area (Å²) in [5, 5.41) is 0. The molecule has 0 spiro atoms. The largest absolute Gasteiger partial charge is 0.445 e. The van der Waals surface area contributed by atoms with E-state index < -0.39 is 18.3 Å². The zero-order valence-electron chi connectivity index (χ0n) is 20.9. The Kier molecular flexibility index (Phi) is 8.55. The fraction of sp³-hybridized carbons (Fsp3) is 0.161. The van der Waals surface area contributed by atoms with E-state index in [4.69, 9.17) is 9.47 Å². The number of para-hydroxylation sites is 4. The van der Waals surface area contributed by atoms with Crippen LogP contribution in [-0.4, -0.2) is 24.9 Å². The topological polar surface area (TPSA) is 59.1 Å². The Balaban J connectivity index is 1.51. The summed E-state index contributed by atoms with van der Waals surface area (Å²) in [6.45, 7) is 3.76. The average Bonchev–Trinajstić information content (AvgIpc) is 2.93. The van der Waals surface area contributed by atoms with Crippen molar-refractivity contribution in [2.45, 2.75) is 20.0 Å². The third-order valence-corrected chi connectivity index (χ3v) is 5.79. The number of rotatable bonds is 8. The van der Waals surface area contributed by atoms with Crippen molar-refractivity contribution in [2.75, 3.05) is 16.4 Å². The van der Waals surface area contributed by atoms with Gasteiger partial charge in [0, 0.05) is 0 Å². The standard InChI is InChI=1S/C31H30N2O4/c1-24(2)29(37-31(35)33(27-19-11-5-12-20-27)28-21-13-6-14-22-28)23-36-30(34)32(25-15-7-3-8-16-25)26-17-9-4-10-18-26/h3-22,24,29H,23H2,1-2H3. The van der Waals surface area contributed by atoms with E-state index in [1.165, 1.54) is 9.80 Å². The zero-order chi connectivity index (χ0) is 26.0. The van der Waals surface area contributed by atoms with Gasteiger partial charge >= 0.3 is 12.2 Å². The zero-order valence-corrected chi connectivity index (χ0v) is 20.9. The van der Waals surface area contributed by atoms with Crippen LogP contribution >= 0.6 is 0 Å². The van der Waals surface area contributed by atoms with Gasteiger partial charge in [-0.2, -0.15) is 0 Å². The SMILES string of the molecule is CC(C)C(COC(=O)N(c1ccccc1)c1ccccc1)OC(=O)N(c1ccccc1)c1ccccc1. The number of benzene rings is 4. The van der Waals surface area contributed by atoms with Crippen molar-refractivity contribution >= 4 is 34.9 Å². The molecule has 6 nitrogen and oxygen atoms in total. The molecule has 0 aliphatic heterocycles. The molecular formula is C31H30N2O4. The number of carbonyl (C=O) groups is 2. The van der Waals surface area contributed by atoms with E-state index in [2.05, 4.69) is 0 Å². The van der Waals surface area contributed by atoms with Crippen LogP contribution in [0.15, 0.2) is 121 Å². The summed E-state index contributed by atoms with van der Waals surface area (Å²) in [5.74, 6) is -0.0907. The molecule has 0 N–H and O–H groups in total. The van der Waals surface area contributed by atoms with Crippen molar-refractivity contribution < 1.29 is 19.1 Å². The molecule has 0 radical (unpaired) electrons. The molecule has 0 aliphatic carbocycles. The number of anilines is 4. The van der Waals surface area contributed by atoms with Gasteiger partial charge in [-0.25, -0.2) is 19.4 Å². The Morgan fingerprint density at radius 3 is 1.22 bits per heavy atom. The normalized spacial score (nSPS) is 11.4. The van der Waals surface area contributed by atoms with Gasteiger partial charge in [-0.15, -0.1) is 0 Å². The van der Waals surface area contributed by atoms with Crippen molar-refractivity contribution in [1.29, 1.82) is 0 Å². The van der Waals surface area contributed by atoms with Gasteiger partial charge in [0.25, 0.3) is 0 Å². The summed E-state index contributed by atoms with van der Waals surface area (Å²) >= 11 is 0. The van der Waals surface area contributed by atoms with Crippen molar-refractivity contribution in [3.05, 3.63) is 121 Å². The Morgan fingerprint density at radius 2 is 0.892 bits per heavy atom. The van der Waals surface area contributed by atoms with Crippen LogP contribution in [0.4, 0.5) is 32.3 Å². The number of amides is 2. The Labute approximate surface area is 217 Å². The van der Waals surface area contributed by atoms with Crippen molar-refractivity contribution in [1.82, 2.24) is 0 Å². The van der Waals surface area contributed by atoms with Gasteiger partial charge in [-0.05, 0) is 54.4 Å². The lowest BCUT2D eigenvalue weighted by molar-refractivity contribution is 0.0280. The monoisotopic (exact) mass is 494 g/mol. The van der Waals surface area contributed by atoms with Crippen molar-refractivity contribution in [3.8, 4) is 0 Å². The van der Waals surface area contributed by atoms with E-state index in [0.717, 1.165) is 0 Å². The molecule has 1 unspecified atom stereocenters. The van der Waals surface area contributed by atoms with E-state index in [1.54, 1.807) is 0 Å². The first-order valence-electron chi connectivity index (χ1n) is 12.2. The maximum atomic E-state index is 13.4. The Bertz CT molecular complexity index is 1190. The first-order valence-corrected chi connectivity index (χ1v) is 12.2. The van der Waals surface area contributed by atoms with Crippen LogP contribution in [0.25, 0.3) is 0 Å². The minimum Gasteiger partial charge on any atom is -0.445 e. The predicted molar refractivity (Wildman–Crippen MR) is 147 cm³/mol. The highest BCUT2D eigenvalue weighted by Crippen LogP contribution is 2.28. The molecule has 4 aromatic carbocycles. The van der Waals surface area contributed by atoms with Crippen molar-refractivity contribution in [2.24, 2.45) is 5.92 Å². The predicted octanol–water partition coefficient (Wildman–Crippen LogP) is 7.96. The lowest BCUT2D eigenvalue weighted by Gasteiger charge is -2.28. The first kappa shape index (κ1) is 25.5. The molecule has 4 rings (SSSR count). The van der Waals surface area contributed by atoms with Crippen LogP contribution in [-0.2, 0) is 9.47 Å². The van der Waals surface area contributed by atoms with Gasteiger partial charge in [0.05, 0.1) is 22.7 Å². The van der Waals surface area contributed by atoms with Gasteiger partial charge in [0.1, 0.15) is 12.7 Å². The highest BCUT2D eigenvalue weighted by molar-refractivity contribution is 5.97. The average molecular weight is 495 g/mol. The molecule has 4 aromatic rings. The minimum absolute atomic E-state index is 0.0875. The summed E-state index contributed by atoms with van der Waals surface area (Å²) < 4.78 is 11.6. The van der Waals surface area contributed by atoms with Crippen LogP contribution < -0.4 is 9.80 Å². The summed E-state index contributed by atoms with van der Waals surface area (Å²) in [5.41, 5.74) is 2.71. The quantitative estimate of drug-likeness (QED) is 0.249. The maximum absolute atomic E-state index is 13.4. The third-order valence-electron chi connectivity index (χ3n) is 5.79. The number of ether oxygens (including phenoxy) is 2. The van der Waals surface area contributed by atoms with E-state index in [1.807, 2.05) is 135 Å². The summed E-state index contributed by atoms with van der Waals surface area (Å²) in [7, 11) is 0. The van der Waals surface area contributed by atoms with Gasteiger partial charge in [0.15, 0.2) is 0 Å². The molecular weight excluding hydrogens is 464 g/mol. The smallest absolute Gasteiger partial charge is 0.419 e. The van der Waals surface area contributed by atoms with E-state index in [9.17, 15) is 9.59 Å². The molecule has 0 fully saturated rings. The summed E-state index contributed by atoms with van der Waals surface area (Å²) in [6, 6.07) is 37.2. The highest BCUT2D eigenvalue weighted by atomic mass is 16.6. The summed E-state index contributed by atoms with van der Waals surface area (Å²) in [6.07, 6.45) is -1.75. The van der Waals surface area contributed by atoms with Crippen LogP contribution in [0.5, 0.6) is 0 Å². The van der Waals surface area contributed by atoms with Crippen molar-refractivity contribution in [3.63, 3.8) is 0 Å². The van der Waals surface area contributed by atoms with E-state index in [0.29, 0.717) is 22.7 Å². The molecule has 0 saturated heterocycles. The molecule has 1 atom stereocenters.